The van der Waals surface area contributed by atoms with Crippen molar-refractivity contribution in [2.24, 2.45) is 0 Å². The van der Waals surface area contributed by atoms with Gasteiger partial charge in [0.05, 0.1) is 25.1 Å². The van der Waals surface area contributed by atoms with Crippen LogP contribution in [0.5, 0.6) is 0 Å². The summed E-state index contributed by atoms with van der Waals surface area (Å²) in [4.78, 5) is 29.3. The van der Waals surface area contributed by atoms with Gasteiger partial charge in [0, 0.05) is 22.2 Å². The zero-order valence-corrected chi connectivity index (χ0v) is 14.0. The van der Waals surface area contributed by atoms with Crippen LogP contribution >= 0.6 is 11.3 Å². The van der Waals surface area contributed by atoms with Crippen molar-refractivity contribution in [3.63, 3.8) is 0 Å². The monoisotopic (exact) mass is 344 g/mol. The minimum absolute atomic E-state index is 0.0726. The normalized spacial score (nSPS) is 12.1. The first-order valence-corrected chi connectivity index (χ1v) is 8.18. The molecule has 0 spiro atoms. The predicted molar refractivity (Wildman–Crippen MR) is 89.8 cm³/mol. The molecule has 0 aliphatic heterocycles. The van der Waals surface area contributed by atoms with E-state index in [1.165, 1.54) is 24.6 Å². The fourth-order valence-electron chi connectivity index (χ4n) is 2.35. The number of hydrogen-bond acceptors (Lipinski definition) is 6. The molecule has 0 saturated heterocycles. The molecule has 0 aromatic carbocycles. The van der Waals surface area contributed by atoms with Gasteiger partial charge < -0.3 is 10.1 Å². The molecule has 0 aliphatic rings. The largest absolute Gasteiger partial charge is 0.469 e. The number of aromatic amines is 1. The molecule has 124 valence electrons. The maximum atomic E-state index is 12.6. The van der Waals surface area contributed by atoms with Crippen LogP contribution in [0, 0.1) is 6.92 Å². The van der Waals surface area contributed by atoms with Gasteiger partial charge in [0.15, 0.2) is 5.65 Å². The summed E-state index contributed by atoms with van der Waals surface area (Å²) >= 11 is 1.47. The first kappa shape index (κ1) is 16.1. The van der Waals surface area contributed by atoms with Gasteiger partial charge in [-0.2, -0.15) is 5.10 Å². The molecule has 3 aromatic heterocycles. The van der Waals surface area contributed by atoms with Gasteiger partial charge >= 0.3 is 5.97 Å². The van der Waals surface area contributed by atoms with Crippen molar-refractivity contribution < 1.29 is 14.3 Å². The number of thiophene rings is 1. The Morgan fingerprint density at radius 1 is 1.46 bits per heavy atom. The Morgan fingerprint density at radius 3 is 3.00 bits per heavy atom. The number of methoxy groups -OCH3 is 1. The number of ether oxygens (including phenoxy) is 1. The van der Waals surface area contributed by atoms with E-state index in [1.54, 1.807) is 6.07 Å². The average Bonchev–Trinajstić information content (AvgIpc) is 3.24. The van der Waals surface area contributed by atoms with Crippen molar-refractivity contribution in [1.29, 1.82) is 0 Å². The molecule has 0 radical (unpaired) electrons. The van der Waals surface area contributed by atoms with Gasteiger partial charge in [0.1, 0.15) is 0 Å². The summed E-state index contributed by atoms with van der Waals surface area (Å²) in [6, 6.07) is 5.05. The van der Waals surface area contributed by atoms with Gasteiger partial charge in [-0.05, 0) is 24.4 Å². The van der Waals surface area contributed by atoms with Gasteiger partial charge in [-0.3, -0.25) is 14.7 Å². The molecule has 3 rings (SSSR count). The van der Waals surface area contributed by atoms with E-state index in [9.17, 15) is 9.59 Å². The van der Waals surface area contributed by atoms with E-state index < -0.39 is 6.04 Å². The molecular weight excluding hydrogens is 328 g/mol. The lowest BCUT2D eigenvalue weighted by Crippen LogP contribution is -2.30. The molecule has 8 heteroatoms. The van der Waals surface area contributed by atoms with Crippen LogP contribution in [-0.4, -0.2) is 34.2 Å². The molecule has 0 aliphatic carbocycles. The second-order valence-corrected chi connectivity index (χ2v) is 6.24. The minimum Gasteiger partial charge on any atom is -0.469 e. The molecule has 0 fully saturated rings. The Morgan fingerprint density at radius 2 is 2.29 bits per heavy atom. The van der Waals surface area contributed by atoms with Crippen molar-refractivity contribution in [2.75, 3.05) is 7.11 Å². The SMILES string of the molecule is COC(=O)C[C@H](NC(=O)c1cnc2n[nH]c(C)c2c1)c1cccs1. The van der Waals surface area contributed by atoms with E-state index >= 15 is 0 Å². The van der Waals surface area contributed by atoms with Gasteiger partial charge in [0.2, 0.25) is 0 Å². The number of aryl methyl sites for hydroxylation is 1. The van der Waals surface area contributed by atoms with Crippen molar-refractivity contribution in [3.8, 4) is 0 Å². The van der Waals surface area contributed by atoms with Crippen LogP contribution in [0.1, 0.15) is 33.4 Å². The maximum absolute atomic E-state index is 12.6. The van der Waals surface area contributed by atoms with Crippen molar-refractivity contribution in [1.82, 2.24) is 20.5 Å². The van der Waals surface area contributed by atoms with Crippen LogP contribution in [0.3, 0.4) is 0 Å². The summed E-state index contributed by atoms with van der Waals surface area (Å²) in [7, 11) is 1.33. The molecule has 3 heterocycles. The molecule has 3 aromatic rings. The summed E-state index contributed by atoms with van der Waals surface area (Å²) in [5.74, 6) is -0.680. The number of nitrogens with one attached hydrogen (secondary N) is 2. The summed E-state index contributed by atoms with van der Waals surface area (Å²) in [5.41, 5.74) is 1.82. The lowest BCUT2D eigenvalue weighted by atomic mass is 10.1. The lowest BCUT2D eigenvalue weighted by Gasteiger charge is -2.16. The fourth-order valence-corrected chi connectivity index (χ4v) is 3.13. The number of amides is 1. The molecule has 0 unspecified atom stereocenters. The average molecular weight is 344 g/mol. The van der Waals surface area contributed by atoms with Crippen LogP contribution in [0.4, 0.5) is 0 Å². The highest BCUT2D eigenvalue weighted by Gasteiger charge is 2.21. The third kappa shape index (κ3) is 3.28. The number of rotatable bonds is 5. The zero-order chi connectivity index (χ0) is 17.1. The number of carbonyl (C=O) groups excluding carboxylic acids is 2. The standard InChI is InChI=1S/C16H16N4O3S/c1-9-11-6-10(8-17-15(11)20-19-9)16(22)18-12(7-14(21)23-2)13-4-3-5-24-13/h3-6,8,12H,7H2,1-2H3,(H,18,22)(H,17,19,20)/t12-/m0/s1. The quantitative estimate of drug-likeness (QED) is 0.693. The van der Waals surface area contributed by atoms with Gasteiger partial charge in [-0.15, -0.1) is 11.3 Å². The van der Waals surface area contributed by atoms with E-state index in [0.29, 0.717) is 11.2 Å². The summed E-state index contributed by atoms with van der Waals surface area (Å²) in [6.07, 6.45) is 1.55. The van der Waals surface area contributed by atoms with E-state index in [0.717, 1.165) is 16.0 Å². The summed E-state index contributed by atoms with van der Waals surface area (Å²) in [6.45, 7) is 1.87. The number of aromatic nitrogens is 3. The first-order valence-electron chi connectivity index (χ1n) is 7.30. The highest BCUT2D eigenvalue weighted by molar-refractivity contribution is 7.10. The molecule has 24 heavy (non-hydrogen) atoms. The van der Waals surface area contributed by atoms with E-state index in [1.807, 2.05) is 24.4 Å². The molecule has 1 amide bonds. The van der Waals surface area contributed by atoms with Crippen LogP contribution in [0.15, 0.2) is 29.8 Å². The first-order chi connectivity index (χ1) is 11.6. The van der Waals surface area contributed by atoms with Crippen molar-refractivity contribution in [2.45, 2.75) is 19.4 Å². The number of hydrogen-bond donors (Lipinski definition) is 2. The highest BCUT2D eigenvalue weighted by Crippen LogP contribution is 2.23. The van der Waals surface area contributed by atoms with Crippen LogP contribution < -0.4 is 5.32 Å². The summed E-state index contributed by atoms with van der Waals surface area (Å²) in [5, 5.41) is 12.4. The van der Waals surface area contributed by atoms with Crippen molar-refractivity contribution in [3.05, 3.63) is 45.9 Å². The van der Waals surface area contributed by atoms with Gasteiger partial charge in [-0.25, -0.2) is 4.98 Å². The molecule has 0 bridgehead atoms. The van der Waals surface area contributed by atoms with E-state index in [2.05, 4.69) is 20.5 Å². The Balaban J connectivity index is 1.83. The maximum Gasteiger partial charge on any atom is 0.307 e. The smallest absolute Gasteiger partial charge is 0.307 e. The van der Waals surface area contributed by atoms with Crippen LogP contribution in [0.25, 0.3) is 11.0 Å². The van der Waals surface area contributed by atoms with Crippen LogP contribution in [0.2, 0.25) is 0 Å². The second kappa shape index (κ2) is 6.79. The predicted octanol–water partition coefficient (Wildman–Crippen LogP) is 2.36. The molecule has 0 saturated carbocycles. The lowest BCUT2D eigenvalue weighted by molar-refractivity contribution is -0.141. The number of pyridine rings is 1. The minimum atomic E-state index is -0.439. The van der Waals surface area contributed by atoms with E-state index in [-0.39, 0.29) is 18.3 Å². The zero-order valence-electron chi connectivity index (χ0n) is 13.2. The summed E-state index contributed by atoms with van der Waals surface area (Å²) < 4.78 is 4.72. The molecule has 2 N–H and O–H groups in total. The van der Waals surface area contributed by atoms with Gasteiger partial charge in [-0.1, -0.05) is 6.07 Å². The second-order valence-electron chi connectivity index (χ2n) is 5.27. The van der Waals surface area contributed by atoms with Gasteiger partial charge in [0.25, 0.3) is 5.91 Å². The third-order valence-corrected chi connectivity index (χ3v) is 4.64. The third-order valence-electron chi connectivity index (χ3n) is 3.65. The Labute approximate surface area is 142 Å². The fraction of sp³-hybridized carbons (Fsp3) is 0.250. The topological polar surface area (TPSA) is 97.0 Å². The molecular formula is C16H16N4O3S. The highest BCUT2D eigenvalue weighted by atomic mass is 32.1. The Hall–Kier alpha value is -2.74. The Kier molecular flexibility index (Phi) is 4.57. The number of fused-ring (bicyclic) bond motifs is 1. The molecule has 7 nitrogen and oxygen atoms in total. The molecule has 1 atom stereocenters. The van der Waals surface area contributed by atoms with E-state index in [4.69, 9.17) is 4.74 Å². The number of H-pyrrole nitrogens is 1. The van der Waals surface area contributed by atoms with Crippen molar-refractivity contribution >= 4 is 34.2 Å². The van der Waals surface area contributed by atoms with Crippen LogP contribution in [-0.2, 0) is 9.53 Å². The number of carbonyl (C=O) groups is 2. The number of esters is 1. The number of nitrogens with zero attached hydrogens (tertiary/aromatic N) is 2. The Bertz CT molecular complexity index is 873.